The second-order valence-corrected chi connectivity index (χ2v) is 6.82. The highest BCUT2D eigenvalue weighted by atomic mass is 16.5. The zero-order chi connectivity index (χ0) is 19.9. The molecule has 1 amide bonds. The molecule has 3 rings (SSSR count). The molecule has 3 atom stereocenters. The molecule has 152 valence electrons. The van der Waals surface area contributed by atoms with Crippen molar-refractivity contribution in [2.75, 3.05) is 26.9 Å². The highest BCUT2D eigenvalue weighted by Crippen LogP contribution is 2.43. The molecule has 9 heteroatoms. The maximum atomic E-state index is 12.8. The topological polar surface area (TPSA) is 114 Å². The fourth-order valence-electron chi connectivity index (χ4n) is 4.14. The number of fused-ring (bicyclic) bond motifs is 1. The maximum Gasteiger partial charge on any atom is 0.290 e. The van der Waals surface area contributed by atoms with Crippen LogP contribution in [0.25, 0.3) is 0 Å². The lowest BCUT2D eigenvalue weighted by molar-refractivity contribution is -0.142. The first-order chi connectivity index (χ1) is 13.0. The van der Waals surface area contributed by atoms with Gasteiger partial charge in [-0.25, -0.2) is 4.98 Å². The number of hydrogen-bond donors (Lipinski definition) is 2. The Morgan fingerprint density at radius 3 is 2.81 bits per heavy atom. The summed E-state index contributed by atoms with van der Waals surface area (Å²) in [6.45, 7) is 3.05. The zero-order valence-electron chi connectivity index (χ0n) is 15.9. The zero-order valence-corrected chi connectivity index (χ0v) is 15.9. The molecular formula is C18H29N3O6. The van der Waals surface area contributed by atoms with Gasteiger partial charge in [-0.05, 0) is 32.6 Å². The minimum atomic E-state index is -0.251. The summed E-state index contributed by atoms with van der Waals surface area (Å²) in [7, 11) is 1.75. The summed E-state index contributed by atoms with van der Waals surface area (Å²) in [5, 5.41) is 15.9. The Morgan fingerprint density at radius 1 is 1.48 bits per heavy atom. The van der Waals surface area contributed by atoms with Gasteiger partial charge in [0, 0.05) is 26.0 Å². The Morgan fingerprint density at radius 2 is 2.22 bits per heavy atom. The van der Waals surface area contributed by atoms with Crippen LogP contribution in [-0.4, -0.2) is 81.7 Å². The lowest BCUT2D eigenvalue weighted by atomic mass is 9.79. The van der Waals surface area contributed by atoms with Crippen LogP contribution in [0.3, 0.4) is 0 Å². The van der Waals surface area contributed by atoms with Crippen LogP contribution < -0.4 is 0 Å². The fourth-order valence-corrected chi connectivity index (χ4v) is 4.14. The minimum absolute atomic E-state index is 0.0269. The summed E-state index contributed by atoms with van der Waals surface area (Å²) in [5.74, 6) is 0.941. The Kier molecular flexibility index (Phi) is 7.76. The second kappa shape index (κ2) is 9.82. The molecule has 0 aromatic carbocycles. The molecule has 2 N–H and O–H groups in total. The van der Waals surface area contributed by atoms with Crippen molar-refractivity contribution in [1.29, 1.82) is 0 Å². The number of carbonyl (C=O) groups is 2. The molecule has 2 fully saturated rings. The first-order valence-corrected chi connectivity index (χ1v) is 9.14. The molecule has 27 heavy (non-hydrogen) atoms. The van der Waals surface area contributed by atoms with E-state index >= 15 is 0 Å². The first-order valence-electron chi connectivity index (χ1n) is 9.14. The summed E-state index contributed by atoms with van der Waals surface area (Å²) in [6, 6.07) is 0.0382. The number of imidazole rings is 1. The van der Waals surface area contributed by atoms with Crippen LogP contribution in [0, 0.1) is 6.92 Å². The van der Waals surface area contributed by atoms with Crippen LogP contribution in [-0.2, 0) is 25.6 Å². The molecule has 1 saturated heterocycles. The largest absolute Gasteiger partial charge is 0.483 e. The van der Waals surface area contributed by atoms with Gasteiger partial charge in [0.2, 0.25) is 5.91 Å². The predicted molar refractivity (Wildman–Crippen MR) is 96.2 cm³/mol. The predicted octanol–water partition coefficient (Wildman–Crippen LogP) is 0.440. The van der Waals surface area contributed by atoms with Gasteiger partial charge in [-0.3, -0.25) is 9.59 Å². The fraction of sp³-hybridized carbons (Fsp3) is 0.722. The van der Waals surface area contributed by atoms with Crippen molar-refractivity contribution in [2.24, 2.45) is 0 Å². The highest BCUT2D eigenvalue weighted by molar-refractivity contribution is 5.77. The van der Waals surface area contributed by atoms with E-state index in [1.807, 2.05) is 22.6 Å². The quantitative estimate of drug-likeness (QED) is 0.685. The van der Waals surface area contributed by atoms with Crippen LogP contribution in [0.4, 0.5) is 0 Å². The molecule has 1 aliphatic heterocycles. The number of amides is 1. The van der Waals surface area contributed by atoms with Gasteiger partial charge in [-0.15, -0.1) is 0 Å². The number of likely N-dealkylation sites (tertiary alicyclic amines) is 1. The lowest BCUT2D eigenvalue weighted by Crippen LogP contribution is -2.53. The van der Waals surface area contributed by atoms with E-state index in [4.69, 9.17) is 24.5 Å². The number of rotatable bonds is 6. The van der Waals surface area contributed by atoms with Crippen molar-refractivity contribution in [3.05, 3.63) is 18.2 Å². The van der Waals surface area contributed by atoms with Crippen LogP contribution in [0.15, 0.2) is 12.4 Å². The molecule has 1 saturated carbocycles. The molecule has 1 aromatic rings. The number of aromatic nitrogens is 2. The Hall–Kier alpha value is -1.97. The Bertz CT molecular complexity index is 622. The van der Waals surface area contributed by atoms with Gasteiger partial charge in [0.15, 0.2) is 0 Å². The third-order valence-corrected chi connectivity index (χ3v) is 5.54. The number of ether oxygens (including phenoxy) is 2. The normalized spacial score (nSPS) is 26.9. The van der Waals surface area contributed by atoms with Gasteiger partial charge in [0.1, 0.15) is 12.4 Å². The van der Waals surface area contributed by atoms with Gasteiger partial charge in [0.25, 0.3) is 6.47 Å². The van der Waals surface area contributed by atoms with E-state index in [1.54, 1.807) is 13.3 Å². The van der Waals surface area contributed by atoms with Crippen molar-refractivity contribution in [1.82, 2.24) is 14.5 Å². The van der Waals surface area contributed by atoms with Crippen molar-refractivity contribution in [2.45, 2.75) is 56.9 Å². The molecule has 1 aromatic heterocycles. The van der Waals surface area contributed by atoms with E-state index in [0.717, 1.165) is 38.1 Å². The number of aliphatic hydroxyl groups is 1. The third-order valence-electron chi connectivity index (χ3n) is 5.54. The van der Waals surface area contributed by atoms with Crippen molar-refractivity contribution >= 4 is 12.4 Å². The molecule has 2 aliphatic rings. The number of nitrogens with zero attached hydrogens (tertiary/aromatic N) is 3. The molecule has 2 heterocycles. The number of aliphatic hydroxyl groups excluding tert-OH is 1. The van der Waals surface area contributed by atoms with Crippen molar-refractivity contribution in [3.63, 3.8) is 0 Å². The van der Waals surface area contributed by atoms with Gasteiger partial charge in [0.05, 0.1) is 31.0 Å². The highest BCUT2D eigenvalue weighted by Gasteiger charge is 2.52. The monoisotopic (exact) mass is 383 g/mol. The summed E-state index contributed by atoms with van der Waals surface area (Å²) in [6.07, 6.45) is 7.06. The summed E-state index contributed by atoms with van der Waals surface area (Å²) < 4.78 is 13.5. The molecule has 0 bridgehead atoms. The summed E-state index contributed by atoms with van der Waals surface area (Å²) >= 11 is 0. The van der Waals surface area contributed by atoms with Crippen LogP contribution in [0.2, 0.25) is 0 Å². The SMILES string of the molecule is CO[C@@]12CC[C@H](OCCO)C[C@@H]1N(C(=O)Cn1ccnc1C)CC2.O=CO. The van der Waals surface area contributed by atoms with Gasteiger partial charge in [-0.1, -0.05) is 0 Å². The molecule has 0 spiro atoms. The molecule has 0 radical (unpaired) electrons. The molecule has 9 nitrogen and oxygen atoms in total. The smallest absolute Gasteiger partial charge is 0.290 e. The van der Waals surface area contributed by atoms with Gasteiger partial charge < -0.3 is 29.2 Å². The standard InChI is InChI=1S/C17H27N3O4.CH2O2/c1-13-18-6-8-19(13)12-16(22)20-7-5-17(23-2)4-3-14(11-15(17)20)24-10-9-21;2-1-3/h6,8,14-15,21H,3-5,7,9-12H2,1-2H3;1H,(H,2,3)/t14-,15-,17+;/m0./s1. The van der Waals surface area contributed by atoms with Crippen LogP contribution in [0.1, 0.15) is 31.5 Å². The van der Waals surface area contributed by atoms with E-state index in [-0.39, 0.29) is 36.7 Å². The average molecular weight is 383 g/mol. The number of methoxy groups -OCH3 is 1. The number of carbonyl (C=O) groups excluding carboxylic acids is 1. The van der Waals surface area contributed by atoms with E-state index in [9.17, 15) is 4.79 Å². The van der Waals surface area contributed by atoms with E-state index < -0.39 is 0 Å². The number of carboxylic acid groups (broad SMARTS) is 1. The van der Waals surface area contributed by atoms with E-state index in [0.29, 0.717) is 13.2 Å². The number of aryl methyl sites for hydroxylation is 1. The second-order valence-electron chi connectivity index (χ2n) is 6.82. The molecule has 1 aliphatic carbocycles. The third kappa shape index (κ3) is 4.85. The summed E-state index contributed by atoms with van der Waals surface area (Å²) in [4.78, 5) is 27.3. The summed E-state index contributed by atoms with van der Waals surface area (Å²) in [5.41, 5.74) is -0.251. The van der Waals surface area contributed by atoms with E-state index in [1.165, 1.54) is 0 Å². The van der Waals surface area contributed by atoms with Gasteiger partial charge in [-0.2, -0.15) is 0 Å². The minimum Gasteiger partial charge on any atom is -0.483 e. The van der Waals surface area contributed by atoms with Gasteiger partial charge >= 0.3 is 0 Å². The number of hydrogen-bond acceptors (Lipinski definition) is 6. The lowest BCUT2D eigenvalue weighted by Gasteiger charge is -2.43. The molecule has 0 unspecified atom stereocenters. The Balaban J connectivity index is 0.000000817. The Labute approximate surface area is 158 Å². The average Bonchev–Trinajstić information content (AvgIpc) is 3.24. The first kappa shape index (κ1) is 21.3. The molecular weight excluding hydrogens is 354 g/mol. The van der Waals surface area contributed by atoms with E-state index in [2.05, 4.69) is 4.98 Å². The van der Waals surface area contributed by atoms with Crippen LogP contribution >= 0.6 is 0 Å². The maximum absolute atomic E-state index is 12.8. The van der Waals surface area contributed by atoms with Crippen molar-refractivity contribution < 1.29 is 29.3 Å². The van der Waals surface area contributed by atoms with Crippen LogP contribution in [0.5, 0.6) is 0 Å². The van der Waals surface area contributed by atoms with Crippen molar-refractivity contribution in [3.8, 4) is 0 Å².